The summed E-state index contributed by atoms with van der Waals surface area (Å²) in [6.45, 7) is 6.96. The van der Waals surface area contributed by atoms with Crippen LogP contribution in [0.2, 0.25) is 0 Å². The molecule has 0 aromatic rings. The van der Waals surface area contributed by atoms with Gasteiger partial charge in [-0.25, -0.2) is 0 Å². The number of hydrogen-bond acceptors (Lipinski definition) is 3. The highest BCUT2D eigenvalue weighted by molar-refractivity contribution is 4.83. The zero-order valence-electron chi connectivity index (χ0n) is 8.55. The van der Waals surface area contributed by atoms with Crippen LogP contribution in [0.15, 0.2) is 0 Å². The molecule has 3 nitrogen and oxygen atoms in total. The molecule has 0 amide bonds. The summed E-state index contributed by atoms with van der Waals surface area (Å²) in [6.07, 6.45) is 0.914. The minimum absolute atomic E-state index is 0.164. The Labute approximate surface area is 75.1 Å². The van der Waals surface area contributed by atoms with Gasteiger partial charge in [0, 0.05) is 18.7 Å². The number of ether oxygens (including phenoxy) is 1. The van der Waals surface area contributed by atoms with Gasteiger partial charge in [0.2, 0.25) is 0 Å². The van der Waals surface area contributed by atoms with E-state index in [0.29, 0.717) is 6.61 Å². The third kappa shape index (κ3) is 4.04. The third-order valence-electron chi connectivity index (χ3n) is 2.14. The van der Waals surface area contributed by atoms with Crippen molar-refractivity contribution >= 4 is 0 Å². The molecule has 2 N–H and O–H groups in total. The van der Waals surface area contributed by atoms with Crippen molar-refractivity contribution in [2.45, 2.75) is 38.8 Å². The first-order valence-corrected chi connectivity index (χ1v) is 4.45. The van der Waals surface area contributed by atoms with E-state index in [0.717, 1.165) is 6.42 Å². The monoisotopic (exact) mass is 175 g/mol. The molecule has 0 aromatic heterocycles. The molecule has 0 spiro atoms. The number of aliphatic hydroxyl groups excluding tert-OH is 1. The van der Waals surface area contributed by atoms with Gasteiger partial charge in [0.05, 0.1) is 13.2 Å². The molecular weight excluding hydrogens is 154 g/mol. The Kier molecular flexibility index (Phi) is 5.46. The zero-order chi connectivity index (χ0) is 9.61. The Balaban J connectivity index is 3.84. The van der Waals surface area contributed by atoms with E-state index in [1.807, 2.05) is 13.8 Å². The Bertz CT molecular complexity index is 113. The quantitative estimate of drug-likeness (QED) is 0.626. The summed E-state index contributed by atoms with van der Waals surface area (Å²) in [5, 5.41) is 12.4. The molecule has 0 saturated heterocycles. The average Bonchev–Trinajstić information content (AvgIpc) is 2.05. The second-order valence-electron chi connectivity index (χ2n) is 3.57. The fourth-order valence-electron chi connectivity index (χ4n) is 1.15. The molecule has 0 bridgehead atoms. The Hall–Kier alpha value is -0.120. The third-order valence-corrected chi connectivity index (χ3v) is 2.14. The van der Waals surface area contributed by atoms with Crippen molar-refractivity contribution in [1.82, 2.24) is 5.32 Å². The molecule has 0 saturated carbocycles. The first kappa shape index (κ1) is 11.9. The summed E-state index contributed by atoms with van der Waals surface area (Å²) in [5.74, 6) is 0. The zero-order valence-corrected chi connectivity index (χ0v) is 8.55. The van der Waals surface area contributed by atoms with Gasteiger partial charge in [0.1, 0.15) is 0 Å². The maximum absolute atomic E-state index is 9.10. The van der Waals surface area contributed by atoms with Crippen molar-refractivity contribution in [3.05, 3.63) is 0 Å². The van der Waals surface area contributed by atoms with Gasteiger partial charge in [-0.15, -0.1) is 0 Å². The smallest absolute Gasteiger partial charge is 0.0613 e. The maximum Gasteiger partial charge on any atom is 0.0613 e. The van der Waals surface area contributed by atoms with Crippen LogP contribution >= 0.6 is 0 Å². The second kappa shape index (κ2) is 5.51. The minimum atomic E-state index is -0.169. The van der Waals surface area contributed by atoms with Crippen molar-refractivity contribution in [3.63, 3.8) is 0 Å². The predicted octanol–water partition coefficient (Wildman–Crippen LogP) is 0.772. The Morgan fingerprint density at radius 1 is 1.58 bits per heavy atom. The molecule has 0 radical (unpaired) electrons. The van der Waals surface area contributed by atoms with Crippen molar-refractivity contribution in [2.75, 3.05) is 20.3 Å². The molecule has 0 rings (SSSR count). The molecule has 0 heterocycles. The SMILES string of the molecule is CCC(C)(CO)NC(C)COC. The van der Waals surface area contributed by atoms with Crippen LogP contribution in [0.3, 0.4) is 0 Å². The summed E-state index contributed by atoms with van der Waals surface area (Å²) < 4.78 is 4.99. The van der Waals surface area contributed by atoms with Crippen molar-refractivity contribution in [3.8, 4) is 0 Å². The standard InChI is InChI=1S/C9H21NO2/c1-5-9(3,7-11)10-8(2)6-12-4/h8,10-11H,5-7H2,1-4H3. The molecule has 0 aliphatic heterocycles. The summed E-state index contributed by atoms with van der Waals surface area (Å²) in [7, 11) is 1.68. The highest BCUT2D eigenvalue weighted by atomic mass is 16.5. The van der Waals surface area contributed by atoms with Gasteiger partial charge in [-0.3, -0.25) is 0 Å². The predicted molar refractivity (Wildman–Crippen MR) is 50.3 cm³/mol. The van der Waals surface area contributed by atoms with Crippen LogP contribution in [0.25, 0.3) is 0 Å². The lowest BCUT2D eigenvalue weighted by molar-refractivity contribution is 0.119. The molecule has 2 atom stereocenters. The van der Waals surface area contributed by atoms with E-state index in [9.17, 15) is 0 Å². The van der Waals surface area contributed by atoms with Crippen LogP contribution in [0, 0.1) is 0 Å². The molecular formula is C9H21NO2. The van der Waals surface area contributed by atoms with Gasteiger partial charge in [-0.1, -0.05) is 6.92 Å². The summed E-state index contributed by atoms with van der Waals surface area (Å²) >= 11 is 0. The van der Waals surface area contributed by atoms with E-state index in [4.69, 9.17) is 9.84 Å². The van der Waals surface area contributed by atoms with Crippen molar-refractivity contribution < 1.29 is 9.84 Å². The number of methoxy groups -OCH3 is 1. The van der Waals surface area contributed by atoms with Gasteiger partial charge in [0.15, 0.2) is 0 Å². The fraction of sp³-hybridized carbons (Fsp3) is 1.00. The largest absolute Gasteiger partial charge is 0.394 e. The van der Waals surface area contributed by atoms with Gasteiger partial charge >= 0.3 is 0 Å². The van der Waals surface area contributed by atoms with Crippen LogP contribution in [0.4, 0.5) is 0 Å². The maximum atomic E-state index is 9.10. The van der Waals surface area contributed by atoms with E-state index in [2.05, 4.69) is 12.2 Å². The molecule has 12 heavy (non-hydrogen) atoms. The van der Waals surface area contributed by atoms with Crippen LogP contribution < -0.4 is 5.32 Å². The topological polar surface area (TPSA) is 41.5 Å². The van der Waals surface area contributed by atoms with E-state index >= 15 is 0 Å². The van der Waals surface area contributed by atoms with E-state index in [-0.39, 0.29) is 18.2 Å². The fourth-order valence-corrected chi connectivity index (χ4v) is 1.15. The molecule has 0 aromatic carbocycles. The number of hydrogen-bond donors (Lipinski definition) is 2. The van der Waals surface area contributed by atoms with Crippen LogP contribution in [0.5, 0.6) is 0 Å². The van der Waals surface area contributed by atoms with Crippen LogP contribution in [0.1, 0.15) is 27.2 Å². The highest BCUT2D eigenvalue weighted by Gasteiger charge is 2.22. The number of aliphatic hydroxyl groups is 1. The molecule has 74 valence electrons. The summed E-state index contributed by atoms with van der Waals surface area (Å²) in [5.41, 5.74) is -0.169. The minimum Gasteiger partial charge on any atom is -0.394 e. The molecule has 3 heteroatoms. The van der Waals surface area contributed by atoms with Crippen LogP contribution in [-0.4, -0.2) is 37.0 Å². The van der Waals surface area contributed by atoms with Gasteiger partial charge in [-0.05, 0) is 20.3 Å². The Morgan fingerprint density at radius 2 is 2.17 bits per heavy atom. The van der Waals surface area contributed by atoms with E-state index in [1.54, 1.807) is 7.11 Å². The lowest BCUT2D eigenvalue weighted by Gasteiger charge is -2.30. The highest BCUT2D eigenvalue weighted by Crippen LogP contribution is 2.08. The summed E-state index contributed by atoms with van der Waals surface area (Å²) in [6, 6.07) is 0.284. The normalized spacial score (nSPS) is 18.8. The van der Waals surface area contributed by atoms with Gasteiger partial charge < -0.3 is 15.2 Å². The van der Waals surface area contributed by atoms with Gasteiger partial charge in [-0.2, -0.15) is 0 Å². The molecule has 2 unspecified atom stereocenters. The first-order chi connectivity index (χ1) is 5.58. The molecule has 0 fully saturated rings. The van der Waals surface area contributed by atoms with Crippen LogP contribution in [-0.2, 0) is 4.74 Å². The number of nitrogens with one attached hydrogen (secondary N) is 1. The number of rotatable bonds is 6. The average molecular weight is 175 g/mol. The van der Waals surface area contributed by atoms with E-state index < -0.39 is 0 Å². The lowest BCUT2D eigenvalue weighted by Crippen LogP contribution is -2.50. The van der Waals surface area contributed by atoms with Crippen molar-refractivity contribution in [1.29, 1.82) is 0 Å². The van der Waals surface area contributed by atoms with Crippen molar-refractivity contribution in [2.24, 2.45) is 0 Å². The molecule has 0 aliphatic rings. The van der Waals surface area contributed by atoms with E-state index in [1.165, 1.54) is 0 Å². The summed E-state index contributed by atoms with van der Waals surface area (Å²) in [4.78, 5) is 0. The lowest BCUT2D eigenvalue weighted by atomic mass is 9.99. The van der Waals surface area contributed by atoms with Gasteiger partial charge in [0.25, 0.3) is 0 Å². The first-order valence-electron chi connectivity index (χ1n) is 4.45. The second-order valence-corrected chi connectivity index (χ2v) is 3.57. The molecule has 0 aliphatic carbocycles. The Morgan fingerprint density at radius 3 is 2.50 bits per heavy atom.